The summed E-state index contributed by atoms with van der Waals surface area (Å²) in [5.41, 5.74) is 6.59. The van der Waals surface area contributed by atoms with E-state index < -0.39 is 11.7 Å². The maximum atomic E-state index is 12.6. The highest BCUT2D eigenvalue weighted by molar-refractivity contribution is 5.97. The first-order valence-electron chi connectivity index (χ1n) is 13.1. The lowest BCUT2D eigenvalue weighted by molar-refractivity contribution is -0.143. The highest BCUT2D eigenvalue weighted by atomic mass is 16.6. The summed E-state index contributed by atoms with van der Waals surface area (Å²) in [4.78, 5) is 29.6. The minimum absolute atomic E-state index is 0.200. The van der Waals surface area contributed by atoms with Crippen LogP contribution in [0.4, 0.5) is 4.79 Å². The van der Waals surface area contributed by atoms with Crippen LogP contribution in [0.1, 0.15) is 70.3 Å². The van der Waals surface area contributed by atoms with Gasteiger partial charge < -0.3 is 14.8 Å². The standard InChI is InChI=1S/C31H40N2O4/c1-8-36-28(34)16-12-22-11-15-26-24(18-22)29(23-13-9-21(4)10-14-23)25(27(33-26)17-20(2)3)19-32-30(35)37-31(5,6)7/h9-11,13-15,18,20H,8,12,16-17,19H2,1-7H3,(H,32,35). The van der Waals surface area contributed by atoms with E-state index in [-0.39, 0.29) is 5.97 Å². The van der Waals surface area contributed by atoms with Gasteiger partial charge in [0.05, 0.1) is 12.1 Å². The number of amides is 1. The van der Waals surface area contributed by atoms with E-state index in [9.17, 15) is 9.59 Å². The fraction of sp³-hybridized carbons (Fsp3) is 0.452. The van der Waals surface area contributed by atoms with Crippen molar-refractivity contribution in [3.05, 3.63) is 64.8 Å². The van der Waals surface area contributed by atoms with Crippen molar-refractivity contribution in [3.8, 4) is 11.1 Å². The number of nitrogens with one attached hydrogen (secondary N) is 1. The van der Waals surface area contributed by atoms with Crippen LogP contribution in [0.25, 0.3) is 22.0 Å². The molecule has 1 N–H and O–H groups in total. The van der Waals surface area contributed by atoms with Gasteiger partial charge in [0.2, 0.25) is 0 Å². The predicted octanol–water partition coefficient (Wildman–Crippen LogP) is 6.93. The van der Waals surface area contributed by atoms with Crippen LogP contribution < -0.4 is 5.32 Å². The molecule has 0 fully saturated rings. The Labute approximate surface area is 220 Å². The van der Waals surface area contributed by atoms with Crippen LogP contribution >= 0.6 is 0 Å². The molecule has 1 aromatic heterocycles. The first-order valence-corrected chi connectivity index (χ1v) is 13.1. The van der Waals surface area contributed by atoms with Crippen LogP contribution in [-0.4, -0.2) is 29.3 Å². The molecule has 0 unspecified atom stereocenters. The number of carbonyl (C=O) groups is 2. The molecule has 1 heterocycles. The second-order valence-electron chi connectivity index (χ2n) is 10.9. The third-order valence-electron chi connectivity index (χ3n) is 5.91. The predicted molar refractivity (Wildman–Crippen MR) is 148 cm³/mol. The molecule has 0 spiro atoms. The van der Waals surface area contributed by atoms with Gasteiger partial charge in [-0.25, -0.2) is 4.79 Å². The van der Waals surface area contributed by atoms with E-state index in [1.165, 1.54) is 5.56 Å². The van der Waals surface area contributed by atoms with Gasteiger partial charge in [-0.1, -0.05) is 49.7 Å². The number of pyridine rings is 1. The second kappa shape index (κ2) is 12.2. The third-order valence-corrected chi connectivity index (χ3v) is 5.91. The molecule has 6 heteroatoms. The minimum Gasteiger partial charge on any atom is -0.466 e. The molecule has 37 heavy (non-hydrogen) atoms. The molecule has 0 bridgehead atoms. The molecule has 0 aliphatic rings. The minimum atomic E-state index is -0.583. The Morgan fingerprint density at radius 1 is 1.05 bits per heavy atom. The summed E-state index contributed by atoms with van der Waals surface area (Å²) < 4.78 is 10.6. The van der Waals surface area contributed by atoms with E-state index in [2.05, 4.69) is 56.4 Å². The molecular formula is C31H40N2O4. The Bertz CT molecular complexity index is 1240. The summed E-state index contributed by atoms with van der Waals surface area (Å²) in [6.45, 7) is 14.5. The van der Waals surface area contributed by atoms with Crippen LogP contribution in [0.5, 0.6) is 0 Å². The Hall–Kier alpha value is -3.41. The molecular weight excluding hydrogens is 464 g/mol. The zero-order valence-electron chi connectivity index (χ0n) is 23.2. The number of hydrogen-bond acceptors (Lipinski definition) is 5. The van der Waals surface area contributed by atoms with Gasteiger partial charge in [0.1, 0.15) is 5.60 Å². The molecule has 0 radical (unpaired) electrons. The number of benzene rings is 2. The van der Waals surface area contributed by atoms with Crippen LogP contribution in [0.15, 0.2) is 42.5 Å². The number of carbonyl (C=O) groups excluding carboxylic acids is 2. The van der Waals surface area contributed by atoms with Crippen molar-refractivity contribution in [2.45, 2.75) is 79.9 Å². The number of rotatable bonds is 9. The zero-order valence-corrected chi connectivity index (χ0v) is 23.2. The monoisotopic (exact) mass is 504 g/mol. The lowest BCUT2D eigenvalue weighted by Gasteiger charge is -2.22. The fourth-order valence-corrected chi connectivity index (χ4v) is 4.31. The summed E-state index contributed by atoms with van der Waals surface area (Å²) in [6.07, 6.45) is 1.23. The van der Waals surface area contributed by atoms with Crippen molar-refractivity contribution in [1.29, 1.82) is 0 Å². The van der Waals surface area contributed by atoms with E-state index in [1.54, 1.807) is 0 Å². The summed E-state index contributed by atoms with van der Waals surface area (Å²) in [5, 5.41) is 3.96. The first kappa shape index (κ1) is 28.2. The molecule has 6 nitrogen and oxygen atoms in total. The number of ether oxygens (including phenoxy) is 2. The number of aryl methyl sites for hydroxylation is 2. The average Bonchev–Trinajstić information content (AvgIpc) is 2.80. The van der Waals surface area contributed by atoms with Crippen LogP contribution in [-0.2, 0) is 33.7 Å². The highest BCUT2D eigenvalue weighted by Gasteiger charge is 2.21. The van der Waals surface area contributed by atoms with Gasteiger partial charge >= 0.3 is 12.1 Å². The maximum absolute atomic E-state index is 12.6. The van der Waals surface area contributed by atoms with Gasteiger partial charge in [0, 0.05) is 29.6 Å². The van der Waals surface area contributed by atoms with Crippen molar-refractivity contribution in [1.82, 2.24) is 10.3 Å². The molecule has 0 atom stereocenters. The van der Waals surface area contributed by atoms with Crippen LogP contribution in [0.3, 0.4) is 0 Å². The van der Waals surface area contributed by atoms with Gasteiger partial charge in [0.15, 0.2) is 0 Å². The fourth-order valence-electron chi connectivity index (χ4n) is 4.31. The van der Waals surface area contributed by atoms with Crippen molar-refractivity contribution in [2.75, 3.05) is 6.61 Å². The number of fused-ring (bicyclic) bond motifs is 1. The van der Waals surface area contributed by atoms with Crippen molar-refractivity contribution in [3.63, 3.8) is 0 Å². The third kappa shape index (κ3) is 8.04. The zero-order chi connectivity index (χ0) is 27.2. The molecule has 0 aliphatic carbocycles. The lowest BCUT2D eigenvalue weighted by atomic mass is 9.90. The van der Waals surface area contributed by atoms with Crippen molar-refractivity contribution < 1.29 is 19.1 Å². The smallest absolute Gasteiger partial charge is 0.407 e. The lowest BCUT2D eigenvalue weighted by Crippen LogP contribution is -2.32. The topological polar surface area (TPSA) is 77.5 Å². The maximum Gasteiger partial charge on any atom is 0.407 e. The number of esters is 1. The number of aromatic nitrogens is 1. The Kier molecular flexibility index (Phi) is 9.30. The second-order valence-corrected chi connectivity index (χ2v) is 10.9. The van der Waals surface area contributed by atoms with Gasteiger partial charge in [-0.15, -0.1) is 0 Å². The molecule has 2 aromatic carbocycles. The first-order chi connectivity index (χ1) is 17.5. The molecule has 0 saturated carbocycles. The van der Waals surface area contributed by atoms with Gasteiger partial charge in [0.25, 0.3) is 0 Å². The molecule has 0 saturated heterocycles. The Morgan fingerprint density at radius 2 is 1.76 bits per heavy atom. The highest BCUT2D eigenvalue weighted by Crippen LogP contribution is 2.35. The summed E-state index contributed by atoms with van der Waals surface area (Å²) >= 11 is 0. The summed E-state index contributed by atoms with van der Waals surface area (Å²) in [6, 6.07) is 14.6. The van der Waals surface area contributed by atoms with Crippen molar-refractivity contribution >= 4 is 23.0 Å². The largest absolute Gasteiger partial charge is 0.466 e. The number of nitrogens with zero attached hydrogens (tertiary/aromatic N) is 1. The Morgan fingerprint density at radius 3 is 2.38 bits per heavy atom. The van der Waals surface area contributed by atoms with Crippen LogP contribution in [0.2, 0.25) is 0 Å². The quantitative estimate of drug-likeness (QED) is 0.320. The number of alkyl carbamates (subject to hydrolysis) is 1. The molecule has 0 aliphatic heterocycles. The molecule has 1 amide bonds. The number of hydrogen-bond donors (Lipinski definition) is 1. The van der Waals surface area contributed by atoms with E-state index in [4.69, 9.17) is 14.5 Å². The van der Waals surface area contributed by atoms with E-state index in [1.807, 2.05) is 39.8 Å². The van der Waals surface area contributed by atoms with Gasteiger partial charge in [-0.05, 0) is 82.2 Å². The van der Waals surface area contributed by atoms with E-state index >= 15 is 0 Å². The molecule has 3 rings (SSSR count). The molecule has 3 aromatic rings. The van der Waals surface area contributed by atoms with Crippen molar-refractivity contribution in [2.24, 2.45) is 5.92 Å². The average molecular weight is 505 g/mol. The van der Waals surface area contributed by atoms with Crippen LogP contribution in [0, 0.1) is 12.8 Å². The normalized spacial score (nSPS) is 11.6. The molecule has 198 valence electrons. The summed E-state index contributed by atoms with van der Waals surface area (Å²) in [7, 11) is 0. The van der Waals surface area contributed by atoms with E-state index in [0.717, 1.165) is 45.3 Å². The van der Waals surface area contributed by atoms with Gasteiger partial charge in [-0.2, -0.15) is 0 Å². The SMILES string of the molecule is CCOC(=O)CCc1ccc2nc(CC(C)C)c(CNC(=O)OC(C)(C)C)c(-c3ccc(C)cc3)c2c1. The summed E-state index contributed by atoms with van der Waals surface area (Å²) in [5.74, 6) is 0.189. The van der Waals surface area contributed by atoms with E-state index in [0.29, 0.717) is 31.9 Å². The van der Waals surface area contributed by atoms with Gasteiger partial charge in [-0.3, -0.25) is 9.78 Å². The Balaban J connectivity index is 2.15.